The van der Waals surface area contributed by atoms with Crippen LogP contribution >= 0.6 is 15.9 Å². The summed E-state index contributed by atoms with van der Waals surface area (Å²) in [4.78, 5) is 2.42. The van der Waals surface area contributed by atoms with Gasteiger partial charge < -0.3 is 9.64 Å². The summed E-state index contributed by atoms with van der Waals surface area (Å²) in [6.07, 6.45) is 0. The maximum absolute atomic E-state index is 5.37. The molecule has 3 heteroatoms. The van der Waals surface area contributed by atoms with Crippen molar-refractivity contribution in [2.75, 3.05) is 31.2 Å². The maximum atomic E-state index is 5.37. The van der Waals surface area contributed by atoms with Crippen LogP contribution in [-0.4, -0.2) is 26.3 Å². The van der Waals surface area contributed by atoms with Crippen molar-refractivity contribution in [3.05, 3.63) is 27.7 Å². The van der Waals surface area contributed by atoms with Crippen molar-refractivity contribution in [1.82, 2.24) is 0 Å². The first-order valence-electron chi connectivity index (χ1n) is 5.28. The second kappa shape index (κ2) is 4.54. The highest BCUT2D eigenvalue weighted by Crippen LogP contribution is 2.28. The zero-order chi connectivity index (χ0) is 10.8. The molecule has 0 aliphatic carbocycles. The van der Waals surface area contributed by atoms with E-state index < -0.39 is 0 Å². The van der Waals surface area contributed by atoms with Crippen LogP contribution in [0.15, 0.2) is 16.6 Å². The van der Waals surface area contributed by atoms with Gasteiger partial charge in [-0.25, -0.2) is 0 Å². The van der Waals surface area contributed by atoms with E-state index in [0.717, 1.165) is 30.8 Å². The number of anilines is 1. The third kappa shape index (κ3) is 2.34. The van der Waals surface area contributed by atoms with Crippen molar-refractivity contribution in [1.29, 1.82) is 0 Å². The zero-order valence-corrected chi connectivity index (χ0v) is 10.8. The SMILES string of the molecule is Cc1cc(Br)cc(C)c1N1CCOCC1. The lowest BCUT2D eigenvalue weighted by atomic mass is 10.1. The predicted octanol–water partition coefficient (Wildman–Crippen LogP) is 2.90. The number of aryl methyl sites for hydroxylation is 2. The Balaban J connectivity index is 2.33. The predicted molar refractivity (Wildman–Crippen MR) is 66.6 cm³/mol. The van der Waals surface area contributed by atoms with E-state index in [1.165, 1.54) is 16.8 Å². The van der Waals surface area contributed by atoms with Crippen LogP contribution in [0.2, 0.25) is 0 Å². The topological polar surface area (TPSA) is 12.5 Å². The number of hydrogen-bond donors (Lipinski definition) is 0. The number of nitrogens with zero attached hydrogens (tertiary/aromatic N) is 1. The average molecular weight is 270 g/mol. The summed E-state index contributed by atoms with van der Waals surface area (Å²) in [5.74, 6) is 0. The Morgan fingerprint density at radius 3 is 2.20 bits per heavy atom. The third-order valence-corrected chi connectivity index (χ3v) is 3.24. The molecule has 0 atom stereocenters. The van der Waals surface area contributed by atoms with Crippen molar-refractivity contribution >= 4 is 21.6 Å². The number of hydrogen-bond acceptors (Lipinski definition) is 2. The van der Waals surface area contributed by atoms with Crippen molar-refractivity contribution in [3.8, 4) is 0 Å². The highest BCUT2D eigenvalue weighted by atomic mass is 79.9. The quantitative estimate of drug-likeness (QED) is 0.778. The molecule has 0 bridgehead atoms. The molecule has 0 N–H and O–H groups in total. The Morgan fingerprint density at radius 2 is 1.67 bits per heavy atom. The Morgan fingerprint density at radius 1 is 1.13 bits per heavy atom. The summed E-state index contributed by atoms with van der Waals surface area (Å²) < 4.78 is 6.54. The van der Waals surface area contributed by atoms with Crippen molar-refractivity contribution < 1.29 is 4.74 Å². The van der Waals surface area contributed by atoms with Crippen molar-refractivity contribution in [3.63, 3.8) is 0 Å². The van der Waals surface area contributed by atoms with Crippen LogP contribution in [0.1, 0.15) is 11.1 Å². The molecular formula is C12H16BrNO. The monoisotopic (exact) mass is 269 g/mol. The fourth-order valence-electron chi connectivity index (χ4n) is 2.19. The molecule has 1 aliphatic rings. The average Bonchev–Trinajstić information content (AvgIpc) is 2.17. The lowest BCUT2D eigenvalue weighted by Gasteiger charge is -2.31. The molecular weight excluding hydrogens is 254 g/mol. The van der Waals surface area contributed by atoms with Gasteiger partial charge in [0.25, 0.3) is 0 Å². The second-order valence-corrected chi connectivity index (χ2v) is 4.90. The van der Waals surface area contributed by atoms with Gasteiger partial charge in [-0.3, -0.25) is 0 Å². The standard InChI is InChI=1S/C12H16BrNO/c1-9-7-11(13)8-10(2)12(9)14-3-5-15-6-4-14/h7-8H,3-6H2,1-2H3. The van der Waals surface area contributed by atoms with Crippen LogP contribution < -0.4 is 4.90 Å². The van der Waals surface area contributed by atoms with Crippen LogP contribution in [0.25, 0.3) is 0 Å². The number of rotatable bonds is 1. The lowest BCUT2D eigenvalue weighted by Crippen LogP contribution is -2.37. The van der Waals surface area contributed by atoms with Gasteiger partial charge in [-0.2, -0.15) is 0 Å². The lowest BCUT2D eigenvalue weighted by molar-refractivity contribution is 0.122. The third-order valence-electron chi connectivity index (χ3n) is 2.78. The van der Waals surface area contributed by atoms with Gasteiger partial charge in [0.1, 0.15) is 0 Å². The summed E-state index contributed by atoms with van der Waals surface area (Å²) in [6, 6.07) is 4.36. The highest BCUT2D eigenvalue weighted by molar-refractivity contribution is 9.10. The minimum atomic E-state index is 0.842. The number of morpholine rings is 1. The number of benzene rings is 1. The Kier molecular flexibility index (Phi) is 3.32. The second-order valence-electron chi connectivity index (χ2n) is 3.99. The molecule has 1 aromatic carbocycles. The minimum absolute atomic E-state index is 0.842. The van der Waals surface area contributed by atoms with Gasteiger partial charge in [0.2, 0.25) is 0 Å². The van der Waals surface area contributed by atoms with E-state index in [2.05, 4.69) is 46.8 Å². The molecule has 1 aromatic rings. The first kappa shape index (κ1) is 11.0. The molecule has 1 saturated heterocycles. The van der Waals surface area contributed by atoms with Gasteiger partial charge in [-0.1, -0.05) is 15.9 Å². The summed E-state index contributed by atoms with van der Waals surface area (Å²) in [6.45, 7) is 8.03. The van der Waals surface area contributed by atoms with Crippen LogP contribution in [0.3, 0.4) is 0 Å². The first-order valence-corrected chi connectivity index (χ1v) is 6.07. The largest absolute Gasteiger partial charge is 0.378 e. The van der Waals surface area contributed by atoms with E-state index in [1.54, 1.807) is 0 Å². The van der Waals surface area contributed by atoms with Crippen LogP contribution in [0, 0.1) is 13.8 Å². The van der Waals surface area contributed by atoms with Gasteiger partial charge in [-0.05, 0) is 37.1 Å². The normalized spacial score (nSPS) is 16.9. The molecule has 1 fully saturated rings. The van der Waals surface area contributed by atoms with Crippen molar-refractivity contribution in [2.45, 2.75) is 13.8 Å². The van der Waals surface area contributed by atoms with Crippen LogP contribution in [0.4, 0.5) is 5.69 Å². The fraction of sp³-hybridized carbons (Fsp3) is 0.500. The van der Waals surface area contributed by atoms with Gasteiger partial charge in [0, 0.05) is 23.2 Å². The molecule has 0 aromatic heterocycles. The molecule has 1 aliphatic heterocycles. The maximum Gasteiger partial charge on any atom is 0.0642 e. The molecule has 0 amide bonds. The van der Waals surface area contributed by atoms with E-state index >= 15 is 0 Å². The Bertz CT molecular complexity index is 336. The molecule has 2 rings (SSSR count). The number of ether oxygens (including phenoxy) is 1. The van der Waals surface area contributed by atoms with E-state index in [-0.39, 0.29) is 0 Å². The van der Waals surface area contributed by atoms with E-state index in [4.69, 9.17) is 4.74 Å². The Labute approximate surface area is 99.4 Å². The molecule has 82 valence electrons. The highest BCUT2D eigenvalue weighted by Gasteiger charge is 2.15. The van der Waals surface area contributed by atoms with Crippen LogP contribution in [0.5, 0.6) is 0 Å². The molecule has 0 spiro atoms. The van der Waals surface area contributed by atoms with E-state index in [0.29, 0.717) is 0 Å². The van der Waals surface area contributed by atoms with Gasteiger partial charge in [0.15, 0.2) is 0 Å². The summed E-state index contributed by atoms with van der Waals surface area (Å²) >= 11 is 3.53. The minimum Gasteiger partial charge on any atom is -0.378 e. The smallest absolute Gasteiger partial charge is 0.0642 e. The van der Waals surface area contributed by atoms with E-state index in [1.807, 2.05) is 0 Å². The van der Waals surface area contributed by atoms with Crippen LogP contribution in [-0.2, 0) is 4.74 Å². The van der Waals surface area contributed by atoms with Gasteiger partial charge in [0.05, 0.1) is 13.2 Å². The van der Waals surface area contributed by atoms with Gasteiger partial charge >= 0.3 is 0 Å². The fourth-order valence-corrected chi connectivity index (χ4v) is 2.88. The van der Waals surface area contributed by atoms with E-state index in [9.17, 15) is 0 Å². The summed E-state index contributed by atoms with van der Waals surface area (Å²) in [5.41, 5.74) is 4.05. The Hall–Kier alpha value is -0.540. The number of halogens is 1. The van der Waals surface area contributed by atoms with Gasteiger partial charge in [-0.15, -0.1) is 0 Å². The molecule has 1 heterocycles. The molecule has 0 unspecified atom stereocenters. The zero-order valence-electron chi connectivity index (χ0n) is 9.22. The molecule has 0 radical (unpaired) electrons. The summed E-state index contributed by atoms with van der Waals surface area (Å²) in [7, 11) is 0. The molecule has 15 heavy (non-hydrogen) atoms. The first-order chi connectivity index (χ1) is 7.18. The van der Waals surface area contributed by atoms with Crippen molar-refractivity contribution in [2.24, 2.45) is 0 Å². The molecule has 0 saturated carbocycles. The molecule has 2 nitrogen and oxygen atoms in total. The summed E-state index contributed by atoms with van der Waals surface area (Å²) in [5, 5.41) is 0.